The molecule has 0 unspecified atom stereocenters. The molecule has 5 nitrogen and oxygen atoms in total. The van der Waals surface area contributed by atoms with E-state index >= 15 is 0 Å². The van der Waals surface area contributed by atoms with E-state index in [1.807, 2.05) is 6.07 Å². The lowest BCUT2D eigenvalue weighted by Gasteiger charge is -2.08. The molecule has 1 aliphatic heterocycles. The second kappa shape index (κ2) is 6.38. The Bertz CT molecular complexity index is 658. The number of carbonyl (C=O) groups is 1. The van der Waals surface area contributed by atoms with Gasteiger partial charge in [0.25, 0.3) is 0 Å². The maximum atomic E-state index is 12.2. The average Bonchev–Trinajstić information content (AvgIpc) is 2.87. The van der Waals surface area contributed by atoms with Gasteiger partial charge in [0.15, 0.2) is 11.5 Å². The summed E-state index contributed by atoms with van der Waals surface area (Å²) >= 11 is 0. The minimum atomic E-state index is -0.142. The molecule has 1 heterocycles. The minimum Gasteiger partial charge on any atom is -0.490 e. The van der Waals surface area contributed by atoms with Crippen molar-refractivity contribution in [1.29, 1.82) is 0 Å². The molecule has 5 heteroatoms. The molecule has 0 radical (unpaired) electrons. The molecule has 1 fully saturated rings. The first kappa shape index (κ1) is 16.7. The molecule has 0 saturated heterocycles. The summed E-state index contributed by atoms with van der Waals surface area (Å²) in [5, 5.41) is 0. The van der Waals surface area contributed by atoms with Crippen LogP contribution in [0, 0.1) is 17.3 Å². The zero-order valence-corrected chi connectivity index (χ0v) is 14.6. The average molecular weight is 332 g/mol. The van der Waals surface area contributed by atoms with E-state index in [1.54, 1.807) is 12.1 Å². The highest BCUT2D eigenvalue weighted by Gasteiger charge is 2.61. The lowest BCUT2D eigenvalue weighted by atomic mass is 10.1. The fourth-order valence-corrected chi connectivity index (χ4v) is 3.16. The van der Waals surface area contributed by atoms with Gasteiger partial charge in [-0.2, -0.15) is 0 Å². The number of fused-ring (bicyclic) bond motifs is 1. The van der Waals surface area contributed by atoms with E-state index in [1.165, 1.54) is 5.57 Å². The number of esters is 1. The second-order valence-corrected chi connectivity index (χ2v) is 7.10. The molecule has 2 atom stereocenters. The zero-order valence-electron chi connectivity index (χ0n) is 14.6. The third-order valence-corrected chi connectivity index (χ3v) is 4.62. The van der Waals surface area contributed by atoms with Crippen LogP contribution in [0.2, 0.25) is 0 Å². The number of hydrogen-bond donors (Lipinski definition) is 0. The van der Waals surface area contributed by atoms with Crippen LogP contribution >= 0.6 is 0 Å². The zero-order chi connectivity index (χ0) is 17.3. The van der Waals surface area contributed by atoms with Gasteiger partial charge in [0, 0.05) is 6.07 Å². The number of benzene rings is 1. The Balaban J connectivity index is 1.44. The van der Waals surface area contributed by atoms with Gasteiger partial charge in [0.1, 0.15) is 19.0 Å². The van der Waals surface area contributed by atoms with Gasteiger partial charge < -0.3 is 18.9 Å². The van der Waals surface area contributed by atoms with Gasteiger partial charge in [0.2, 0.25) is 6.79 Å². The van der Waals surface area contributed by atoms with Gasteiger partial charge in [-0.05, 0) is 37.3 Å². The molecule has 0 bridgehead atoms. The quantitative estimate of drug-likeness (QED) is 0.453. The van der Waals surface area contributed by atoms with Gasteiger partial charge in [-0.25, -0.2) is 0 Å². The SMILES string of the molecule is CC(C)=C[C@@H]1[C@@H](C(=O)OCCOc2ccc3c(c2)OCO3)C1(C)C. The molecule has 2 aliphatic rings. The van der Waals surface area contributed by atoms with Gasteiger partial charge in [-0.3, -0.25) is 4.79 Å². The Kier molecular flexibility index (Phi) is 4.43. The summed E-state index contributed by atoms with van der Waals surface area (Å²) < 4.78 is 21.5. The first-order valence-corrected chi connectivity index (χ1v) is 8.23. The van der Waals surface area contributed by atoms with E-state index in [0.717, 1.165) is 5.75 Å². The smallest absolute Gasteiger partial charge is 0.310 e. The van der Waals surface area contributed by atoms with Crippen LogP contribution in [0.4, 0.5) is 0 Å². The Morgan fingerprint density at radius 1 is 1.25 bits per heavy atom. The van der Waals surface area contributed by atoms with Crippen molar-refractivity contribution in [2.24, 2.45) is 17.3 Å². The molecule has 0 spiro atoms. The molecule has 1 aromatic rings. The van der Waals surface area contributed by atoms with Gasteiger partial charge >= 0.3 is 5.97 Å². The van der Waals surface area contributed by atoms with Gasteiger partial charge in [-0.1, -0.05) is 25.5 Å². The summed E-state index contributed by atoms with van der Waals surface area (Å²) in [7, 11) is 0. The number of allylic oxidation sites excluding steroid dienone is 2. The first-order valence-electron chi connectivity index (χ1n) is 8.23. The highest BCUT2D eigenvalue weighted by Crippen LogP contribution is 2.59. The molecule has 1 aliphatic carbocycles. The fraction of sp³-hybridized carbons (Fsp3) is 0.526. The van der Waals surface area contributed by atoms with Crippen molar-refractivity contribution in [1.82, 2.24) is 0 Å². The largest absolute Gasteiger partial charge is 0.490 e. The third-order valence-electron chi connectivity index (χ3n) is 4.62. The Morgan fingerprint density at radius 3 is 2.75 bits per heavy atom. The van der Waals surface area contributed by atoms with Crippen LogP contribution in [0.25, 0.3) is 0 Å². The van der Waals surface area contributed by atoms with E-state index < -0.39 is 0 Å². The lowest BCUT2D eigenvalue weighted by molar-refractivity contribution is -0.146. The molecule has 1 saturated carbocycles. The van der Waals surface area contributed by atoms with E-state index in [2.05, 4.69) is 33.8 Å². The molecule has 1 aromatic carbocycles. The monoisotopic (exact) mass is 332 g/mol. The summed E-state index contributed by atoms with van der Waals surface area (Å²) in [5.41, 5.74) is 1.21. The van der Waals surface area contributed by atoms with Crippen molar-refractivity contribution in [3.8, 4) is 17.2 Å². The van der Waals surface area contributed by atoms with Crippen LogP contribution in [0.5, 0.6) is 17.2 Å². The number of hydrogen-bond acceptors (Lipinski definition) is 5. The summed E-state index contributed by atoms with van der Waals surface area (Å²) in [6.07, 6.45) is 2.16. The van der Waals surface area contributed by atoms with E-state index in [9.17, 15) is 4.79 Å². The lowest BCUT2D eigenvalue weighted by Crippen LogP contribution is -2.15. The number of rotatable bonds is 6. The summed E-state index contributed by atoms with van der Waals surface area (Å²) in [6, 6.07) is 5.39. The van der Waals surface area contributed by atoms with Gasteiger partial charge in [-0.15, -0.1) is 0 Å². The van der Waals surface area contributed by atoms with Crippen molar-refractivity contribution in [3.05, 3.63) is 29.8 Å². The van der Waals surface area contributed by atoms with E-state index in [-0.39, 0.29) is 36.6 Å². The summed E-state index contributed by atoms with van der Waals surface area (Å²) in [5.74, 6) is 2.13. The Hall–Kier alpha value is -2.17. The standard InChI is InChI=1S/C19H24O5/c1-12(2)9-14-17(19(14,3)4)18(20)22-8-7-21-13-5-6-15-16(10-13)24-11-23-15/h5-6,9-10,14,17H,7-8,11H2,1-4H3/t14-,17+/m1/s1. The van der Waals surface area contributed by atoms with E-state index in [0.29, 0.717) is 18.1 Å². The van der Waals surface area contributed by atoms with E-state index in [4.69, 9.17) is 18.9 Å². The Labute approximate surface area is 142 Å². The molecule has 0 amide bonds. The second-order valence-electron chi connectivity index (χ2n) is 7.10. The molecular weight excluding hydrogens is 308 g/mol. The van der Waals surface area contributed by atoms with Crippen LogP contribution in [0.15, 0.2) is 29.8 Å². The predicted molar refractivity (Wildman–Crippen MR) is 89.2 cm³/mol. The Morgan fingerprint density at radius 2 is 2.00 bits per heavy atom. The molecule has 0 aromatic heterocycles. The molecule has 3 rings (SSSR count). The molecule has 24 heavy (non-hydrogen) atoms. The van der Waals surface area contributed by atoms with Crippen LogP contribution in [0.1, 0.15) is 27.7 Å². The summed E-state index contributed by atoms with van der Waals surface area (Å²) in [4.78, 5) is 12.2. The highest BCUT2D eigenvalue weighted by atomic mass is 16.7. The first-order chi connectivity index (χ1) is 11.4. The maximum absolute atomic E-state index is 12.2. The van der Waals surface area contributed by atoms with Crippen LogP contribution in [-0.4, -0.2) is 26.0 Å². The fourth-order valence-electron chi connectivity index (χ4n) is 3.16. The van der Waals surface area contributed by atoms with Crippen molar-refractivity contribution >= 4 is 5.97 Å². The number of ether oxygens (including phenoxy) is 4. The molecular formula is C19H24O5. The van der Waals surface area contributed by atoms with Crippen molar-refractivity contribution in [2.45, 2.75) is 27.7 Å². The summed E-state index contributed by atoms with van der Waals surface area (Å²) in [6.45, 7) is 9.10. The van der Waals surface area contributed by atoms with Crippen LogP contribution in [-0.2, 0) is 9.53 Å². The van der Waals surface area contributed by atoms with Gasteiger partial charge in [0.05, 0.1) is 5.92 Å². The molecule has 130 valence electrons. The van der Waals surface area contributed by atoms with Crippen LogP contribution in [0.3, 0.4) is 0 Å². The minimum absolute atomic E-state index is 0.0213. The maximum Gasteiger partial charge on any atom is 0.310 e. The van der Waals surface area contributed by atoms with Crippen molar-refractivity contribution < 1.29 is 23.7 Å². The third kappa shape index (κ3) is 3.35. The van der Waals surface area contributed by atoms with Crippen LogP contribution < -0.4 is 14.2 Å². The van der Waals surface area contributed by atoms with Crippen molar-refractivity contribution in [3.63, 3.8) is 0 Å². The predicted octanol–water partition coefficient (Wildman–Crippen LogP) is 3.58. The topological polar surface area (TPSA) is 54.0 Å². The highest BCUT2D eigenvalue weighted by molar-refractivity contribution is 5.78. The number of carbonyl (C=O) groups excluding carboxylic acids is 1. The van der Waals surface area contributed by atoms with Crippen molar-refractivity contribution in [2.75, 3.05) is 20.0 Å². The normalized spacial score (nSPS) is 22.7. The molecule has 0 N–H and O–H groups in total.